The molecule has 0 radical (unpaired) electrons. The van der Waals surface area contributed by atoms with Crippen molar-refractivity contribution in [2.75, 3.05) is 6.61 Å². The summed E-state index contributed by atoms with van der Waals surface area (Å²) in [4.78, 5) is 0.609. The Morgan fingerprint density at radius 2 is 1.43 bits per heavy atom. The first-order valence-electron chi connectivity index (χ1n) is 9.47. The van der Waals surface area contributed by atoms with Gasteiger partial charge in [0.05, 0.1) is 5.60 Å². The predicted octanol–water partition coefficient (Wildman–Crippen LogP) is 4.76. The molecule has 0 unspecified atom stereocenters. The SMILES string of the molecule is CC1(C)[C@H](Br)CC[C@@]2(C)[C@H]3CC[C@](C)(O)[C@@H](CO)[C@]3(C)CC[C@H]12. The number of fused-ring (bicyclic) bond motifs is 3. The molecule has 3 rings (SSSR count). The Bertz CT molecular complexity index is 474. The zero-order valence-electron chi connectivity index (χ0n) is 15.5. The zero-order valence-corrected chi connectivity index (χ0v) is 17.1. The van der Waals surface area contributed by atoms with Gasteiger partial charge in [-0.05, 0) is 73.5 Å². The van der Waals surface area contributed by atoms with Crippen LogP contribution in [0.5, 0.6) is 0 Å². The second kappa shape index (κ2) is 5.45. The molecule has 3 aliphatic carbocycles. The molecule has 0 aliphatic heterocycles. The number of rotatable bonds is 1. The lowest BCUT2D eigenvalue weighted by Crippen LogP contribution is -2.64. The number of halogens is 1. The first-order chi connectivity index (χ1) is 10.5. The molecule has 134 valence electrons. The van der Waals surface area contributed by atoms with Gasteiger partial charge in [0.2, 0.25) is 0 Å². The predicted molar refractivity (Wildman–Crippen MR) is 98.6 cm³/mol. The molecule has 2 nitrogen and oxygen atoms in total. The minimum Gasteiger partial charge on any atom is -0.396 e. The number of aliphatic hydroxyl groups excluding tert-OH is 1. The van der Waals surface area contributed by atoms with Crippen molar-refractivity contribution in [3.63, 3.8) is 0 Å². The third-order valence-electron chi connectivity index (χ3n) is 8.67. The van der Waals surface area contributed by atoms with Crippen molar-refractivity contribution in [1.29, 1.82) is 0 Å². The quantitative estimate of drug-likeness (QED) is 0.637. The zero-order chi connectivity index (χ0) is 17.3. The highest BCUT2D eigenvalue weighted by atomic mass is 79.9. The molecule has 3 aliphatic rings. The molecule has 0 heterocycles. The highest BCUT2D eigenvalue weighted by molar-refractivity contribution is 9.09. The van der Waals surface area contributed by atoms with Gasteiger partial charge < -0.3 is 10.2 Å². The fourth-order valence-corrected chi connectivity index (χ4v) is 7.90. The van der Waals surface area contributed by atoms with Crippen molar-refractivity contribution in [1.82, 2.24) is 0 Å². The molecule has 2 N–H and O–H groups in total. The maximum Gasteiger partial charge on any atom is 0.0675 e. The van der Waals surface area contributed by atoms with E-state index in [1.54, 1.807) is 0 Å². The summed E-state index contributed by atoms with van der Waals surface area (Å²) in [5.74, 6) is 1.36. The van der Waals surface area contributed by atoms with Crippen LogP contribution >= 0.6 is 15.9 Å². The van der Waals surface area contributed by atoms with E-state index in [1.807, 2.05) is 6.92 Å². The van der Waals surface area contributed by atoms with Crippen LogP contribution in [0.3, 0.4) is 0 Å². The van der Waals surface area contributed by atoms with Crippen LogP contribution in [0.15, 0.2) is 0 Å². The molecule has 0 aromatic rings. The number of aliphatic hydroxyl groups is 2. The average molecular weight is 387 g/mol. The first kappa shape index (κ1) is 18.2. The normalized spacial score (nSPS) is 55.8. The van der Waals surface area contributed by atoms with E-state index in [9.17, 15) is 10.2 Å². The van der Waals surface area contributed by atoms with Gasteiger partial charge in [0.25, 0.3) is 0 Å². The summed E-state index contributed by atoms with van der Waals surface area (Å²) in [6, 6.07) is 0. The minimum absolute atomic E-state index is 0.0105. The summed E-state index contributed by atoms with van der Waals surface area (Å²) >= 11 is 3.96. The molecule has 0 amide bonds. The molecule has 0 aromatic carbocycles. The smallest absolute Gasteiger partial charge is 0.0675 e. The van der Waals surface area contributed by atoms with E-state index in [4.69, 9.17) is 0 Å². The van der Waals surface area contributed by atoms with Crippen LogP contribution in [0.1, 0.15) is 73.1 Å². The van der Waals surface area contributed by atoms with Crippen LogP contribution in [0.2, 0.25) is 0 Å². The molecular formula is C20H35BrO2. The Labute approximate surface area is 150 Å². The summed E-state index contributed by atoms with van der Waals surface area (Å²) in [6.07, 6.45) is 6.83. The summed E-state index contributed by atoms with van der Waals surface area (Å²) in [7, 11) is 0. The van der Waals surface area contributed by atoms with Crippen molar-refractivity contribution < 1.29 is 10.2 Å². The fraction of sp³-hybridized carbons (Fsp3) is 1.00. The second-order valence-corrected chi connectivity index (χ2v) is 11.2. The van der Waals surface area contributed by atoms with E-state index in [1.165, 1.54) is 19.3 Å². The van der Waals surface area contributed by atoms with Crippen LogP contribution in [-0.4, -0.2) is 27.2 Å². The van der Waals surface area contributed by atoms with Crippen molar-refractivity contribution in [3.05, 3.63) is 0 Å². The summed E-state index contributed by atoms with van der Waals surface area (Å²) in [5, 5.41) is 21.0. The Morgan fingerprint density at radius 3 is 2.04 bits per heavy atom. The Hall–Kier alpha value is 0.400. The maximum absolute atomic E-state index is 10.9. The third-order valence-corrected chi connectivity index (χ3v) is 10.3. The topological polar surface area (TPSA) is 40.5 Å². The van der Waals surface area contributed by atoms with Crippen LogP contribution in [-0.2, 0) is 0 Å². The fourth-order valence-electron chi connectivity index (χ4n) is 7.36. The third kappa shape index (κ3) is 2.39. The molecule has 3 fully saturated rings. The largest absolute Gasteiger partial charge is 0.396 e. The summed E-state index contributed by atoms with van der Waals surface area (Å²) < 4.78 is 0. The van der Waals surface area contributed by atoms with Gasteiger partial charge in [0, 0.05) is 17.4 Å². The van der Waals surface area contributed by atoms with Gasteiger partial charge in [0.15, 0.2) is 0 Å². The van der Waals surface area contributed by atoms with Gasteiger partial charge in [-0.15, -0.1) is 0 Å². The molecule has 23 heavy (non-hydrogen) atoms. The second-order valence-electron chi connectivity index (χ2n) is 10.1. The molecule has 0 spiro atoms. The van der Waals surface area contributed by atoms with E-state index in [2.05, 4.69) is 43.6 Å². The van der Waals surface area contributed by atoms with Crippen molar-refractivity contribution in [3.8, 4) is 0 Å². The van der Waals surface area contributed by atoms with E-state index < -0.39 is 5.60 Å². The van der Waals surface area contributed by atoms with E-state index in [0.29, 0.717) is 21.6 Å². The van der Waals surface area contributed by atoms with Gasteiger partial charge in [-0.1, -0.05) is 43.6 Å². The summed E-state index contributed by atoms with van der Waals surface area (Å²) in [5.41, 5.74) is 0.00994. The Kier molecular flexibility index (Phi) is 4.31. The van der Waals surface area contributed by atoms with Crippen LogP contribution < -0.4 is 0 Å². The van der Waals surface area contributed by atoms with Gasteiger partial charge in [0.1, 0.15) is 0 Å². The standard InChI is InChI=1S/C20H35BrO2/c1-17(2)13-6-9-19(4)14(18(13,3)10-8-16(17)21)7-11-20(5,23)15(19)12-22/h13-16,22-23H,6-12H2,1-5H3/t13-,14-,15+,16-,18-,19-,20+/m1/s1. The van der Waals surface area contributed by atoms with Crippen LogP contribution in [0.25, 0.3) is 0 Å². The number of hydrogen-bond donors (Lipinski definition) is 2. The van der Waals surface area contributed by atoms with Crippen LogP contribution in [0.4, 0.5) is 0 Å². The molecule has 3 saturated carbocycles. The maximum atomic E-state index is 10.9. The van der Waals surface area contributed by atoms with E-state index in [0.717, 1.165) is 25.2 Å². The monoisotopic (exact) mass is 386 g/mol. The Morgan fingerprint density at radius 1 is 0.870 bits per heavy atom. The van der Waals surface area contributed by atoms with Crippen molar-refractivity contribution in [2.24, 2.45) is 34.0 Å². The van der Waals surface area contributed by atoms with E-state index in [-0.39, 0.29) is 17.9 Å². The number of alkyl halides is 1. The highest BCUT2D eigenvalue weighted by Gasteiger charge is 2.64. The van der Waals surface area contributed by atoms with Gasteiger partial charge >= 0.3 is 0 Å². The van der Waals surface area contributed by atoms with Gasteiger partial charge in [-0.25, -0.2) is 0 Å². The first-order valence-corrected chi connectivity index (χ1v) is 10.4. The van der Waals surface area contributed by atoms with Gasteiger partial charge in [-0.3, -0.25) is 0 Å². The van der Waals surface area contributed by atoms with Gasteiger partial charge in [-0.2, -0.15) is 0 Å². The highest BCUT2D eigenvalue weighted by Crippen LogP contribution is 2.70. The molecule has 0 bridgehead atoms. The summed E-state index contributed by atoms with van der Waals surface area (Å²) in [6.45, 7) is 11.8. The minimum atomic E-state index is -0.717. The van der Waals surface area contributed by atoms with Crippen molar-refractivity contribution in [2.45, 2.75) is 83.6 Å². The molecular weight excluding hydrogens is 352 g/mol. The average Bonchev–Trinajstić information content (AvgIpc) is 2.42. The Balaban J connectivity index is 2.01. The number of hydrogen-bond acceptors (Lipinski definition) is 2. The van der Waals surface area contributed by atoms with Crippen LogP contribution in [0, 0.1) is 34.0 Å². The van der Waals surface area contributed by atoms with E-state index >= 15 is 0 Å². The molecule has 7 atom stereocenters. The molecule has 0 aromatic heterocycles. The lowest BCUT2D eigenvalue weighted by Gasteiger charge is -2.68. The van der Waals surface area contributed by atoms with Crippen molar-refractivity contribution >= 4 is 15.9 Å². The lowest BCUT2D eigenvalue weighted by atomic mass is 9.38. The molecule has 3 heteroatoms. The lowest BCUT2D eigenvalue weighted by molar-refractivity contribution is -0.215. The molecule has 0 saturated heterocycles.